The van der Waals surface area contributed by atoms with Crippen molar-refractivity contribution in [2.24, 2.45) is 0 Å². The molecule has 0 rings (SSSR count). The van der Waals surface area contributed by atoms with E-state index in [2.05, 4.69) is 23.6 Å². The Morgan fingerprint density at radius 2 is 1.60 bits per heavy atom. The molecule has 0 bridgehead atoms. The Kier molecular flexibility index (Phi) is 19.6. The first-order valence-corrected chi connectivity index (χ1v) is 9.64. The van der Waals surface area contributed by atoms with Gasteiger partial charge in [0.05, 0.1) is 7.11 Å². The van der Waals surface area contributed by atoms with Crippen LogP contribution in [0.4, 0.5) is 0 Å². The van der Waals surface area contributed by atoms with E-state index in [0.29, 0.717) is 0 Å². The van der Waals surface area contributed by atoms with Gasteiger partial charge < -0.3 is 0 Å². The zero-order valence-electron chi connectivity index (χ0n) is 10.5. The van der Waals surface area contributed by atoms with Crippen LogP contribution in [0.1, 0.15) is 46.5 Å². The van der Waals surface area contributed by atoms with Gasteiger partial charge in [-0.25, -0.2) is 4.79 Å². The summed E-state index contributed by atoms with van der Waals surface area (Å²) in [6.07, 6.45) is 5.84. The van der Waals surface area contributed by atoms with Crippen LogP contribution in [0.25, 0.3) is 0 Å². The van der Waals surface area contributed by atoms with Crippen molar-refractivity contribution in [3.05, 3.63) is 0 Å². The maximum Gasteiger partial charge on any atom is 0.339 e. The summed E-state index contributed by atoms with van der Waals surface area (Å²) >= 11 is 0.149. The molecule has 15 heavy (non-hydrogen) atoms. The number of rotatable bonds is 7. The fourth-order valence-corrected chi connectivity index (χ4v) is 5.00. The Hall–Kier alpha value is 0.229. The summed E-state index contributed by atoms with van der Waals surface area (Å²) in [5.41, 5.74) is 0. The van der Waals surface area contributed by atoms with Crippen molar-refractivity contribution in [2.45, 2.75) is 55.3 Å². The minimum Gasteiger partial charge on any atom is -0.299 e. The maximum absolute atomic E-state index is 9.70. The average molecular weight is 323 g/mol. The third-order valence-corrected chi connectivity index (χ3v) is 5.65. The molecule has 0 aromatic carbocycles. The number of hydrogen-bond donors (Lipinski definition) is 0. The molecule has 0 spiro atoms. The molecule has 2 radical (unpaired) electrons. The van der Waals surface area contributed by atoms with Crippen LogP contribution in [0, 0.1) is 0 Å². The summed E-state index contributed by atoms with van der Waals surface area (Å²) in [6.45, 7) is 5.85. The number of unbranched alkanes of at least 4 members (excludes halogenated alkanes) is 2. The first-order chi connectivity index (χ1) is 7.18. The van der Waals surface area contributed by atoms with E-state index in [9.17, 15) is 4.79 Å². The second-order valence-corrected chi connectivity index (χ2v) is 7.48. The van der Waals surface area contributed by atoms with E-state index in [-0.39, 0.29) is 21.1 Å². The van der Waals surface area contributed by atoms with Gasteiger partial charge in [0, 0.05) is 6.92 Å². The van der Waals surface area contributed by atoms with E-state index < -0.39 is 5.97 Å². The van der Waals surface area contributed by atoms with Crippen LogP contribution in [-0.4, -0.2) is 34.2 Å². The Morgan fingerprint density at radius 1 is 1.13 bits per heavy atom. The molecular weight excluding hydrogens is 299 g/mol. The number of carbonyl (C=O) groups is 1. The van der Waals surface area contributed by atoms with E-state index >= 15 is 0 Å². The second-order valence-electron chi connectivity index (χ2n) is 3.20. The van der Waals surface area contributed by atoms with E-state index in [1.54, 1.807) is 8.87 Å². The molecular formula is C11H24O3Sn. The van der Waals surface area contributed by atoms with Crippen molar-refractivity contribution in [1.82, 2.24) is 0 Å². The van der Waals surface area contributed by atoms with Crippen LogP contribution in [0.3, 0.4) is 0 Å². The van der Waals surface area contributed by atoms with Crippen molar-refractivity contribution < 1.29 is 14.6 Å². The summed E-state index contributed by atoms with van der Waals surface area (Å²) in [7, 11) is 1.28. The van der Waals surface area contributed by atoms with Crippen LogP contribution in [0.2, 0.25) is 8.87 Å². The summed E-state index contributed by atoms with van der Waals surface area (Å²) in [4.78, 5) is 17.6. The maximum atomic E-state index is 9.70. The molecule has 0 atom stereocenters. The average Bonchev–Trinajstić information content (AvgIpc) is 2.18. The van der Waals surface area contributed by atoms with E-state index in [1.165, 1.54) is 39.7 Å². The Morgan fingerprint density at radius 3 is 1.80 bits per heavy atom. The van der Waals surface area contributed by atoms with Crippen LogP contribution < -0.4 is 0 Å². The standard InChI is InChI=1S/2C4H9.C3H6O3.Sn/c2*1-3-4-2;1-3(4)6-5-2;/h2*1,3-4H2,2H3;1-2H3;. The van der Waals surface area contributed by atoms with Gasteiger partial charge in [-0.15, -0.1) is 0 Å². The molecule has 0 unspecified atom stereocenters. The minimum atomic E-state index is -0.433. The van der Waals surface area contributed by atoms with E-state index in [4.69, 9.17) is 0 Å². The molecule has 0 amide bonds. The minimum absolute atomic E-state index is 0.149. The summed E-state index contributed by atoms with van der Waals surface area (Å²) in [6, 6.07) is 0. The van der Waals surface area contributed by atoms with Crippen molar-refractivity contribution in [3.8, 4) is 0 Å². The molecule has 3 nitrogen and oxygen atoms in total. The van der Waals surface area contributed by atoms with Gasteiger partial charge in [-0.1, -0.05) is 0 Å². The predicted octanol–water partition coefficient (Wildman–Crippen LogP) is 3.24. The second kappa shape index (κ2) is 16.7. The zero-order chi connectivity index (χ0) is 11.9. The Labute approximate surface area is 104 Å². The normalized spacial score (nSPS) is 9.07. The molecule has 4 heteroatoms. The van der Waals surface area contributed by atoms with E-state index in [0.717, 1.165) is 0 Å². The Bertz CT molecular complexity index is 123. The van der Waals surface area contributed by atoms with Crippen LogP contribution in [0.5, 0.6) is 0 Å². The topological polar surface area (TPSA) is 35.5 Å². The van der Waals surface area contributed by atoms with Crippen molar-refractivity contribution in [1.29, 1.82) is 0 Å². The molecule has 0 aliphatic heterocycles. The third-order valence-electron chi connectivity index (χ3n) is 1.61. The van der Waals surface area contributed by atoms with Gasteiger partial charge in [-0.05, 0) is 0 Å². The first-order valence-electron chi connectivity index (χ1n) is 5.60. The molecule has 0 N–H and O–H groups in total. The smallest absolute Gasteiger partial charge is 0.299 e. The third kappa shape index (κ3) is 25.0. The molecule has 0 aliphatic carbocycles. The summed E-state index contributed by atoms with van der Waals surface area (Å²) in [5.74, 6) is -0.433. The molecule has 0 heterocycles. The monoisotopic (exact) mass is 324 g/mol. The van der Waals surface area contributed by atoms with Crippen LogP contribution in [0.15, 0.2) is 0 Å². The van der Waals surface area contributed by atoms with Crippen LogP contribution >= 0.6 is 0 Å². The number of carbonyl (C=O) groups excluding carboxylic acids is 1. The van der Waals surface area contributed by atoms with Gasteiger partial charge in [-0.2, -0.15) is 4.89 Å². The fraction of sp³-hybridized carbons (Fsp3) is 0.909. The largest absolute Gasteiger partial charge is 0.339 e. The van der Waals surface area contributed by atoms with E-state index in [1.807, 2.05) is 0 Å². The number of hydrogen-bond acceptors (Lipinski definition) is 3. The molecule has 0 saturated carbocycles. The Balaban J connectivity index is 0. The summed E-state index contributed by atoms with van der Waals surface area (Å²) in [5, 5.41) is 0. The molecule has 0 aromatic heterocycles. The van der Waals surface area contributed by atoms with Gasteiger partial charge >= 0.3 is 75.5 Å². The molecule has 90 valence electrons. The van der Waals surface area contributed by atoms with Gasteiger partial charge in [-0.3, -0.25) is 4.89 Å². The first kappa shape index (κ1) is 17.6. The van der Waals surface area contributed by atoms with Crippen LogP contribution in [-0.2, 0) is 14.6 Å². The van der Waals surface area contributed by atoms with Crippen molar-refractivity contribution >= 4 is 27.1 Å². The van der Waals surface area contributed by atoms with Gasteiger partial charge in [0.2, 0.25) is 0 Å². The zero-order valence-corrected chi connectivity index (χ0v) is 13.3. The molecule has 0 aliphatic rings. The molecule has 0 fully saturated rings. The fourth-order valence-electron chi connectivity index (χ4n) is 0.846. The summed E-state index contributed by atoms with van der Waals surface area (Å²) < 4.78 is 3.25. The van der Waals surface area contributed by atoms with Gasteiger partial charge in [0.15, 0.2) is 0 Å². The molecule has 0 saturated heterocycles. The van der Waals surface area contributed by atoms with Gasteiger partial charge in [0.1, 0.15) is 0 Å². The quantitative estimate of drug-likeness (QED) is 0.312. The van der Waals surface area contributed by atoms with Gasteiger partial charge in [0.25, 0.3) is 0 Å². The SMILES string of the molecule is CCC[CH2][Sn][CH2]CCC.COOC(C)=O. The van der Waals surface area contributed by atoms with Crippen molar-refractivity contribution in [2.75, 3.05) is 7.11 Å². The predicted molar refractivity (Wildman–Crippen MR) is 64.0 cm³/mol. The molecule has 0 aromatic rings. The van der Waals surface area contributed by atoms with Crippen molar-refractivity contribution in [3.63, 3.8) is 0 Å².